The van der Waals surface area contributed by atoms with Gasteiger partial charge in [0, 0.05) is 32.2 Å². The molecule has 0 atom stereocenters. The van der Waals surface area contributed by atoms with E-state index in [0.29, 0.717) is 31.1 Å². The predicted molar refractivity (Wildman–Crippen MR) is 87.1 cm³/mol. The number of amides is 2. The molecule has 8 nitrogen and oxygen atoms in total. The van der Waals surface area contributed by atoms with Crippen LogP contribution in [0.25, 0.3) is 10.3 Å². The van der Waals surface area contributed by atoms with E-state index in [0.717, 1.165) is 10.3 Å². The zero-order valence-corrected chi connectivity index (χ0v) is 13.7. The van der Waals surface area contributed by atoms with Gasteiger partial charge < -0.3 is 19.7 Å². The Kier molecular flexibility index (Phi) is 4.81. The lowest BCUT2D eigenvalue weighted by Gasteiger charge is -2.34. The van der Waals surface area contributed by atoms with Crippen LogP contribution in [-0.2, 0) is 9.59 Å². The molecule has 24 heavy (non-hydrogen) atoms. The number of hydrogen-bond acceptors (Lipinski definition) is 6. The van der Waals surface area contributed by atoms with Gasteiger partial charge in [-0.2, -0.15) is 0 Å². The quantitative estimate of drug-likeness (QED) is 0.811. The van der Waals surface area contributed by atoms with Crippen molar-refractivity contribution in [2.24, 2.45) is 0 Å². The van der Waals surface area contributed by atoms with Crippen molar-refractivity contribution in [2.45, 2.75) is 0 Å². The Morgan fingerprint density at radius 2 is 2.00 bits per heavy atom. The number of thiophene rings is 1. The fourth-order valence-electron chi connectivity index (χ4n) is 2.57. The number of carbonyl (C=O) groups is 3. The minimum absolute atomic E-state index is 0.0265. The van der Waals surface area contributed by atoms with E-state index in [4.69, 9.17) is 9.52 Å². The Bertz CT molecular complexity index is 732. The van der Waals surface area contributed by atoms with Gasteiger partial charge in [-0.15, -0.1) is 11.3 Å². The molecule has 0 spiro atoms. The van der Waals surface area contributed by atoms with Crippen LogP contribution in [0, 0.1) is 0 Å². The second-order valence-corrected chi connectivity index (χ2v) is 6.58. The van der Waals surface area contributed by atoms with E-state index < -0.39 is 5.97 Å². The number of hydrogen-bond donors (Lipinski definition) is 2. The van der Waals surface area contributed by atoms with Crippen molar-refractivity contribution in [3.05, 3.63) is 23.3 Å². The first kappa shape index (κ1) is 16.5. The SMILES string of the molecule is O=C(O)CNC(=O)CN1CCN(C(=O)c2cc3occc3s2)CC1. The van der Waals surface area contributed by atoms with Crippen LogP contribution in [0.1, 0.15) is 9.67 Å². The molecule has 1 aliphatic rings. The minimum atomic E-state index is -1.07. The van der Waals surface area contributed by atoms with E-state index in [1.807, 2.05) is 11.0 Å². The van der Waals surface area contributed by atoms with Gasteiger partial charge in [0.15, 0.2) is 0 Å². The molecule has 3 heterocycles. The van der Waals surface area contributed by atoms with Crippen molar-refractivity contribution >= 4 is 39.4 Å². The van der Waals surface area contributed by atoms with E-state index in [9.17, 15) is 14.4 Å². The van der Waals surface area contributed by atoms with Crippen LogP contribution in [0.2, 0.25) is 0 Å². The van der Waals surface area contributed by atoms with Crippen molar-refractivity contribution in [1.82, 2.24) is 15.1 Å². The molecule has 0 unspecified atom stereocenters. The van der Waals surface area contributed by atoms with Gasteiger partial charge in [-0.25, -0.2) is 0 Å². The number of carboxylic acid groups (broad SMARTS) is 1. The Morgan fingerprint density at radius 1 is 1.25 bits per heavy atom. The second kappa shape index (κ2) is 7.02. The predicted octanol–water partition coefficient (Wildman–Crippen LogP) is 0.453. The lowest BCUT2D eigenvalue weighted by molar-refractivity contribution is -0.138. The summed E-state index contributed by atoms with van der Waals surface area (Å²) in [5.41, 5.74) is 0.720. The zero-order chi connectivity index (χ0) is 17.1. The number of carbonyl (C=O) groups excluding carboxylic acids is 2. The molecular formula is C15H17N3O5S. The van der Waals surface area contributed by atoms with Crippen molar-refractivity contribution in [3.8, 4) is 0 Å². The maximum atomic E-state index is 12.5. The molecule has 0 aromatic carbocycles. The third kappa shape index (κ3) is 3.74. The Hall–Kier alpha value is -2.39. The van der Waals surface area contributed by atoms with Gasteiger partial charge in [0.1, 0.15) is 12.1 Å². The number of nitrogens with one attached hydrogen (secondary N) is 1. The largest absolute Gasteiger partial charge is 0.480 e. The van der Waals surface area contributed by atoms with E-state index in [2.05, 4.69) is 5.32 Å². The Labute approximate surface area is 141 Å². The molecular weight excluding hydrogens is 334 g/mol. The first-order chi connectivity index (χ1) is 11.5. The van der Waals surface area contributed by atoms with Gasteiger partial charge in [0.2, 0.25) is 5.91 Å². The maximum absolute atomic E-state index is 12.5. The summed E-state index contributed by atoms with van der Waals surface area (Å²) in [6, 6.07) is 3.60. The molecule has 1 aliphatic heterocycles. The summed E-state index contributed by atoms with van der Waals surface area (Å²) in [4.78, 5) is 38.9. The normalized spacial score (nSPS) is 15.6. The highest BCUT2D eigenvalue weighted by Gasteiger charge is 2.24. The van der Waals surface area contributed by atoms with Crippen molar-refractivity contribution in [3.63, 3.8) is 0 Å². The van der Waals surface area contributed by atoms with Crippen molar-refractivity contribution < 1.29 is 23.9 Å². The molecule has 2 aromatic rings. The molecule has 1 saturated heterocycles. The molecule has 0 saturated carbocycles. The third-order valence-electron chi connectivity index (χ3n) is 3.81. The molecule has 1 fully saturated rings. The maximum Gasteiger partial charge on any atom is 0.322 e. The fourth-order valence-corrected chi connectivity index (χ4v) is 3.52. The summed E-state index contributed by atoms with van der Waals surface area (Å²) < 4.78 is 6.23. The number of fused-ring (bicyclic) bond motifs is 1. The molecule has 9 heteroatoms. The van der Waals surface area contributed by atoms with Gasteiger partial charge in [0.05, 0.1) is 22.4 Å². The number of carboxylic acids is 1. The summed E-state index contributed by atoms with van der Waals surface area (Å²) in [7, 11) is 0. The van der Waals surface area contributed by atoms with Crippen LogP contribution in [-0.4, -0.2) is 72.0 Å². The topological polar surface area (TPSA) is 103 Å². The first-order valence-corrected chi connectivity index (χ1v) is 8.32. The van der Waals surface area contributed by atoms with Crippen LogP contribution in [0.4, 0.5) is 0 Å². The van der Waals surface area contributed by atoms with Crippen molar-refractivity contribution in [1.29, 1.82) is 0 Å². The summed E-state index contributed by atoms with van der Waals surface area (Å²) in [6.45, 7) is 1.98. The van der Waals surface area contributed by atoms with Crippen LogP contribution in [0.5, 0.6) is 0 Å². The van der Waals surface area contributed by atoms with Gasteiger partial charge in [-0.3, -0.25) is 19.3 Å². The summed E-state index contributed by atoms with van der Waals surface area (Å²) in [5, 5.41) is 10.9. The summed E-state index contributed by atoms with van der Waals surface area (Å²) in [6.07, 6.45) is 1.60. The van der Waals surface area contributed by atoms with Crippen LogP contribution in [0.15, 0.2) is 22.8 Å². The third-order valence-corrected chi connectivity index (χ3v) is 4.88. The average molecular weight is 351 g/mol. The summed E-state index contributed by atoms with van der Waals surface area (Å²) in [5.74, 6) is -1.42. The van der Waals surface area contributed by atoms with Crippen LogP contribution < -0.4 is 5.32 Å². The van der Waals surface area contributed by atoms with Gasteiger partial charge >= 0.3 is 5.97 Å². The molecule has 128 valence electrons. The summed E-state index contributed by atoms with van der Waals surface area (Å²) >= 11 is 1.41. The van der Waals surface area contributed by atoms with Crippen LogP contribution >= 0.6 is 11.3 Å². The highest BCUT2D eigenvalue weighted by molar-refractivity contribution is 7.20. The molecule has 2 amide bonds. The smallest absolute Gasteiger partial charge is 0.322 e. The minimum Gasteiger partial charge on any atom is -0.480 e. The lowest BCUT2D eigenvalue weighted by atomic mass is 10.3. The molecule has 0 bridgehead atoms. The molecule has 2 aromatic heterocycles. The molecule has 3 rings (SSSR count). The second-order valence-electron chi connectivity index (χ2n) is 5.50. The zero-order valence-electron chi connectivity index (χ0n) is 12.9. The standard InChI is InChI=1S/C15H17N3O5S/c19-13(16-8-14(20)21)9-17-2-4-18(5-3-17)15(22)12-7-10-11(24-12)1-6-23-10/h1,6-7H,2-5,8-9H2,(H,16,19)(H,20,21). The van der Waals surface area contributed by atoms with Gasteiger partial charge in [-0.05, 0) is 6.07 Å². The fraction of sp³-hybridized carbons (Fsp3) is 0.400. The number of rotatable bonds is 5. The highest BCUT2D eigenvalue weighted by Crippen LogP contribution is 2.27. The van der Waals surface area contributed by atoms with E-state index in [-0.39, 0.29) is 24.9 Å². The van der Waals surface area contributed by atoms with Crippen molar-refractivity contribution in [2.75, 3.05) is 39.3 Å². The monoisotopic (exact) mass is 351 g/mol. The number of nitrogens with zero attached hydrogens (tertiary/aromatic N) is 2. The number of furan rings is 1. The van der Waals surface area contributed by atoms with E-state index in [1.165, 1.54) is 11.3 Å². The molecule has 2 N–H and O–H groups in total. The van der Waals surface area contributed by atoms with Crippen LogP contribution in [0.3, 0.4) is 0 Å². The van der Waals surface area contributed by atoms with E-state index >= 15 is 0 Å². The van der Waals surface area contributed by atoms with Gasteiger partial charge in [0.25, 0.3) is 5.91 Å². The Morgan fingerprint density at radius 3 is 2.67 bits per heavy atom. The average Bonchev–Trinajstić information content (AvgIpc) is 3.14. The molecule has 0 aliphatic carbocycles. The Balaban J connectivity index is 1.49. The van der Waals surface area contributed by atoms with E-state index in [1.54, 1.807) is 17.2 Å². The van der Waals surface area contributed by atoms with Gasteiger partial charge in [-0.1, -0.05) is 0 Å². The highest BCUT2D eigenvalue weighted by atomic mass is 32.1. The lowest BCUT2D eigenvalue weighted by Crippen LogP contribution is -2.51. The number of aliphatic carboxylic acids is 1. The number of piperazine rings is 1. The molecule has 0 radical (unpaired) electrons. The first-order valence-electron chi connectivity index (χ1n) is 7.50.